The third kappa shape index (κ3) is 3.05. The van der Waals surface area contributed by atoms with Gasteiger partial charge in [-0.2, -0.15) is 5.21 Å². The van der Waals surface area contributed by atoms with Gasteiger partial charge in [-0.05, 0) is 10.3 Å². The van der Waals surface area contributed by atoms with E-state index in [1.165, 1.54) is 0 Å². The van der Waals surface area contributed by atoms with Crippen molar-refractivity contribution in [1.29, 1.82) is 0 Å². The van der Waals surface area contributed by atoms with Gasteiger partial charge in [0.15, 0.2) is 10.7 Å². The summed E-state index contributed by atoms with van der Waals surface area (Å²) in [7, 11) is 0. The van der Waals surface area contributed by atoms with Crippen LogP contribution in [0.5, 0.6) is 0 Å². The van der Waals surface area contributed by atoms with E-state index < -0.39 is 10.1 Å². The van der Waals surface area contributed by atoms with E-state index in [0.717, 1.165) is 9.36 Å². The Kier molecular flexibility index (Phi) is 3.54. The zero-order chi connectivity index (χ0) is 14.5. The van der Waals surface area contributed by atoms with Gasteiger partial charge in [-0.15, -0.1) is 5.21 Å². The fourth-order valence-electron chi connectivity index (χ4n) is 1.20. The van der Waals surface area contributed by atoms with E-state index in [-0.39, 0.29) is 24.3 Å². The van der Waals surface area contributed by atoms with Gasteiger partial charge in [0.05, 0.1) is 6.54 Å². The number of aromatic amines is 1. The Hall–Kier alpha value is -3.46. The Bertz CT molecular complexity index is 679. The molecule has 0 saturated carbocycles. The number of nitrogens with one attached hydrogen (secondary N) is 1. The van der Waals surface area contributed by atoms with Crippen molar-refractivity contribution in [2.45, 2.75) is 13.1 Å². The van der Waals surface area contributed by atoms with E-state index in [0.29, 0.717) is 0 Å². The highest BCUT2D eigenvalue weighted by molar-refractivity contribution is 4.52. The fraction of sp³-hybridized carbons (Fsp3) is 0.500. The lowest BCUT2D eigenvalue weighted by molar-refractivity contribution is -0.491. The highest BCUT2D eigenvalue weighted by atomic mass is 16.7. The summed E-state index contributed by atoms with van der Waals surface area (Å²) in [4.78, 5) is 20.5. The Morgan fingerprint density at radius 1 is 1.25 bits per heavy atom. The quantitative estimate of drug-likeness (QED) is 0.419. The average molecular weight is 285 g/mol. The Morgan fingerprint density at radius 3 is 2.70 bits per heavy atom. The molecule has 1 N–H and O–H groups in total. The Morgan fingerprint density at radius 2 is 2.00 bits per heavy atom. The molecule has 2 rings (SSSR count). The van der Waals surface area contributed by atoms with Crippen molar-refractivity contribution in [3.8, 4) is 0 Å². The summed E-state index contributed by atoms with van der Waals surface area (Å²) in [5, 5.41) is 43.7. The second-order valence-corrected chi connectivity index (χ2v) is 3.13. The third-order valence-electron chi connectivity index (χ3n) is 1.94. The standard InChI is InChI=1S/C4H5N12O4/c17-15(18)7-3-5-9-11-13(3)1-2-14-4(6-10-12-14)8-16(19)20/h1-2H2,(H-,5,6,7,8,11,12)/q-1. The van der Waals surface area contributed by atoms with Gasteiger partial charge >= 0.3 is 5.62 Å². The van der Waals surface area contributed by atoms with E-state index in [2.05, 4.69) is 41.3 Å². The van der Waals surface area contributed by atoms with Gasteiger partial charge in [0.25, 0.3) is 0 Å². The summed E-state index contributed by atoms with van der Waals surface area (Å²) in [6.45, 7) is 0.0966. The molecule has 0 atom stereocenters. The number of hydrogen-bond acceptors (Lipinski definition) is 8. The van der Waals surface area contributed by atoms with Crippen molar-refractivity contribution in [2.75, 3.05) is 0 Å². The lowest BCUT2D eigenvalue weighted by atomic mass is 10.6. The molecule has 0 aliphatic carbocycles. The van der Waals surface area contributed by atoms with E-state index in [1.54, 1.807) is 0 Å². The molecule has 0 aliphatic rings. The van der Waals surface area contributed by atoms with Gasteiger partial charge in [-0.3, -0.25) is 0 Å². The molecule has 16 nitrogen and oxygen atoms in total. The van der Waals surface area contributed by atoms with Crippen LogP contribution in [-0.4, -0.2) is 45.4 Å². The van der Waals surface area contributed by atoms with Gasteiger partial charge < -0.3 is 4.68 Å². The smallest absolute Gasteiger partial charge is 0.324 e. The van der Waals surface area contributed by atoms with Crippen LogP contribution >= 0.6 is 0 Å². The fourth-order valence-corrected chi connectivity index (χ4v) is 1.20. The normalized spacial score (nSPS) is 12.8. The number of aryl methyl sites for hydroxylation is 2. The molecule has 0 saturated heterocycles. The Labute approximate surface area is 106 Å². The summed E-state index contributed by atoms with van der Waals surface area (Å²) < 4.78 is 2.17. The van der Waals surface area contributed by atoms with Gasteiger partial charge in [-0.1, -0.05) is 5.10 Å². The second-order valence-electron chi connectivity index (χ2n) is 3.13. The first-order valence-electron chi connectivity index (χ1n) is 4.85. The van der Waals surface area contributed by atoms with Crippen LogP contribution in [0.15, 0.2) is 10.2 Å². The predicted molar refractivity (Wildman–Crippen MR) is 52.8 cm³/mol. The molecule has 2 aromatic heterocycles. The third-order valence-corrected chi connectivity index (χ3v) is 1.94. The van der Waals surface area contributed by atoms with E-state index in [4.69, 9.17) is 0 Å². The minimum Gasteiger partial charge on any atom is -0.324 e. The zero-order valence-electron chi connectivity index (χ0n) is 9.47. The molecule has 0 fully saturated rings. The summed E-state index contributed by atoms with van der Waals surface area (Å²) in [5.41, 5.74) is -0.577. The van der Waals surface area contributed by atoms with Crippen molar-refractivity contribution >= 4 is 0 Å². The first kappa shape index (κ1) is 13.0. The number of hydrogen-bond donors (Lipinski definition) is 1. The number of nitrogens with zero attached hydrogens (tertiary/aromatic N) is 11. The van der Waals surface area contributed by atoms with Crippen LogP contribution < -0.4 is 16.3 Å². The molecule has 2 aromatic rings. The lowest BCUT2D eigenvalue weighted by Gasteiger charge is -2.04. The maximum atomic E-state index is 10.2. The topological polar surface area (TPSA) is 202 Å². The number of aromatic nitrogens is 8. The van der Waals surface area contributed by atoms with E-state index in [9.17, 15) is 20.2 Å². The molecule has 20 heavy (non-hydrogen) atoms. The van der Waals surface area contributed by atoms with Crippen molar-refractivity contribution in [3.05, 3.63) is 31.5 Å². The first-order chi connectivity index (χ1) is 9.56. The highest BCUT2D eigenvalue weighted by Crippen LogP contribution is 1.78. The van der Waals surface area contributed by atoms with Crippen LogP contribution in [0.2, 0.25) is 0 Å². The van der Waals surface area contributed by atoms with Crippen LogP contribution in [0.1, 0.15) is 0 Å². The molecule has 0 aliphatic heterocycles. The minimum absolute atomic E-state index is 0.0362. The molecule has 106 valence electrons. The van der Waals surface area contributed by atoms with Crippen LogP contribution in [-0.2, 0) is 13.1 Å². The predicted octanol–water partition coefficient (Wildman–Crippen LogP) is -3.96. The van der Waals surface area contributed by atoms with Gasteiger partial charge in [-0.25, -0.2) is 35.2 Å². The summed E-state index contributed by atoms with van der Waals surface area (Å²) in [5.74, 6) is 0. The zero-order valence-corrected chi connectivity index (χ0v) is 9.47. The summed E-state index contributed by atoms with van der Waals surface area (Å²) in [6.07, 6.45) is 0. The number of H-pyrrole nitrogens is 1. The summed E-state index contributed by atoms with van der Waals surface area (Å²) in [6, 6.07) is 0. The highest BCUT2D eigenvalue weighted by Gasteiger charge is 2.02. The van der Waals surface area contributed by atoms with Crippen molar-refractivity contribution < 1.29 is 10.1 Å². The summed E-state index contributed by atoms with van der Waals surface area (Å²) >= 11 is 0. The van der Waals surface area contributed by atoms with E-state index in [1.807, 2.05) is 0 Å². The largest absolute Gasteiger partial charge is 0.337 e. The molecule has 0 spiro atoms. The number of nitro groups is 2. The molecular formula is C4H5N12O4-. The Balaban J connectivity index is 2.19. The average Bonchev–Trinajstić information content (AvgIpc) is 2.95. The minimum atomic E-state index is -0.944. The lowest BCUT2D eigenvalue weighted by Crippen LogP contribution is -2.29. The molecule has 16 heteroatoms. The van der Waals surface area contributed by atoms with Crippen molar-refractivity contribution in [1.82, 2.24) is 40.4 Å². The molecule has 0 radical (unpaired) electrons. The van der Waals surface area contributed by atoms with Crippen molar-refractivity contribution in [3.63, 3.8) is 0 Å². The maximum absolute atomic E-state index is 10.2. The van der Waals surface area contributed by atoms with Gasteiger partial charge in [0.1, 0.15) is 10.1 Å². The van der Waals surface area contributed by atoms with Crippen LogP contribution in [0, 0.1) is 20.2 Å². The SMILES string of the molecule is O=[N+]([O-])/N=c1\[n-]nnn1CCn1[nH]nn/c1=N\[N+](=O)[O-]. The monoisotopic (exact) mass is 285 g/mol. The molecule has 0 aromatic carbocycles. The second kappa shape index (κ2) is 5.46. The maximum Gasteiger partial charge on any atom is 0.337 e. The number of rotatable bonds is 5. The molecule has 0 bridgehead atoms. The first-order valence-corrected chi connectivity index (χ1v) is 4.85. The van der Waals surface area contributed by atoms with Crippen LogP contribution in [0.25, 0.3) is 0 Å². The molecule has 0 unspecified atom stereocenters. The molecular weight excluding hydrogens is 280 g/mol. The van der Waals surface area contributed by atoms with Crippen molar-refractivity contribution in [2.24, 2.45) is 10.2 Å². The van der Waals surface area contributed by atoms with Gasteiger partial charge in [0.2, 0.25) is 0 Å². The van der Waals surface area contributed by atoms with Gasteiger partial charge in [0, 0.05) is 6.54 Å². The molecule has 2 heterocycles. The molecule has 0 amide bonds. The van der Waals surface area contributed by atoms with Crippen LogP contribution in [0.4, 0.5) is 0 Å². The number of tetrazole rings is 2. The van der Waals surface area contributed by atoms with Crippen LogP contribution in [0.3, 0.4) is 0 Å². The van der Waals surface area contributed by atoms with E-state index >= 15 is 0 Å².